The molecule has 18 heavy (non-hydrogen) atoms. The molecule has 0 aliphatic rings. The van der Waals surface area contributed by atoms with Gasteiger partial charge in [0.05, 0.1) is 13.2 Å². The first kappa shape index (κ1) is 17.6. The van der Waals surface area contributed by atoms with Gasteiger partial charge in [0, 0.05) is 14.2 Å². The van der Waals surface area contributed by atoms with E-state index in [-0.39, 0.29) is 26.4 Å². The molecular weight excluding hydrogens is 280 g/mol. The van der Waals surface area contributed by atoms with E-state index < -0.39 is 22.4 Å². The molecule has 0 fully saturated rings. The number of carbonyl (C=O) groups is 2. The van der Waals surface area contributed by atoms with Gasteiger partial charge in [0.1, 0.15) is 23.7 Å². The molecule has 0 bridgehead atoms. The molecule has 106 valence electrons. The summed E-state index contributed by atoms with van der Waals surface area (Å²) < 4.78 is 19.1. The van der Waals surface area contributed by atoms with Gasteiger partial charge in [-0.05, 0) is 0 Å². The summed E-state index contributed by atoms with van der Waals surface area (Å²) in [5.41, 5.74) is 0. The monoisotopic (exact) mass is 298 g/mol. The first-order chi connectivity index (χ1) is 8.54. The van der Waals surface area contributed by atoms with Crippen molar-refractivity contribution in [1.82, 2.24) is 0 Å². The summed E-state index contributed by atoms with van der Waals surface area (Å²) in [6.07, 6.45) is 0. The van der Waals surface area contributed by atoms with Crippen LogP contribution in [0.25, 0.3) is 0 Å². The van der Waals surface area contributed by atoms with Crippen LogP contribution in [-0.4, -0.2) is 63.1 Å². The number of thiol groups is 2. The molecule has 0 aromatic carbocycles. The summed E-state index contributed by atoms with van der Waals surface area (Å²) in [4.78, 5) is 22.9. The topological polar surface area (TPSA) is 71.1 Å². The van der Waals surface area contributed by atoms with E-state index in [1.54, 1.807) is 0 Å². The van der Waals surface area contributed by atoms with Gasteiger partial charge in [-0.1, -0.05) is 0 Å². The lowest BCUT2D eigenvalue weighted by Crippen LogP contribution is -2.35. The maximum Gasteiger partial charge on any atom is 0.320 e. The quantitative estimate of drug-likeness (QED) is 0.354. The Morgan fingerprint density at radius 2 is 1.17 bits per heavy atom. The van der Waals surface area contributed by atoms with E-state index in [4.69, 9.17) is 18.9 Å². The molecule has 6 nitrogen and oxygen atoms in total. The average molecular weight is 298 g/mol. The number of esters is 2. The van der Waals surface area contributed by atoms with Gasteiger partial charge in [0.2, 0.25) is 0 Å². The lowest BCUT2D eigenvalue weighted by atomic mass is 10.3. The Bertz CT molecular complexity index is 235. The Balaban J connectivity index is 4.02. The van der Waals surface area contributed by atoms with Crippen molar-refractivity contribution in [2.75, 3.05) is 40.6 Å². The third kappa shape index (κ3) is 7.10. The normalized spacial score (nSPS) is 13.8. The second-order valence-corrected chi connectivity index (χ2v) is 4.32. The van der Waals surface area contributed by atoms with Gasteiger partial charge in [-0.2, -0.15) is 25.3 Å². The van der Waals surface area contributed by atoms with E-state index >= 15 is 0 Å². The lowest BCUT2D eigenvalue weighted by Gasteiger charge is -2.16. The van der Waals surface area contributed by atoms with Crippen LogP contribution >= 0.6 is 25.3 Å². The molecule has 0 rings (SSSR count). The number of carbonyl (C=O) groups excluding carboxylic acids is 2. The van der Waals surface area contributed by atoms with E-state index in [1.807, 2.05) is 0 Å². The number of rotatable bonds is 9. The smallest absolute Gasteiger partial charge is 0.320 e. The van der Waals surface area contributed by atoms with Gasteiger partial charge in [-0.15, -0.1) is 0 Å². The summed E-state index contributed by atoms with van der Waals surface area (Å²) in [6, 6.07) is 0. The van der Waals surface area contributed by atoms with E-state index in [1.165, 1.54) is 14.2 Å². The molecule has 0 saturated heterocycles. The van der Waals surface area contributed by atoms with Crippen LogP contribution in [0.3, 0.4) is 0 Å². The third-order valence-electron chi connectivity index (χ3n) is 1.85. The number of hydrogen-bond donors (Lipinski definition) is 2. The van der Waals surface area contributed by atoms with Gasteiger partial charge < -0.3 is 18.9 Å². The highest BCUT2D eigenvalue weighted by Crippen LogP contribution is 2.13. The molecule has 0 saturated carbocycles. The molecule has 0 aromatic rings. The van der Waals surface area contributed by atoms with Gasteiger partial charge in [0.25, 0.3) is 0 Å². The zero-order chi connectivity index (χ0) is 14.0. The van der Waals surface area contributed by atoms with Crippen molar-refractivity contribution in [2.24, 2.45) is 0 Å². The van der Waals surface area contributed by atoms with Crippen LogP contribution in [0.5, 0.6) is 0 Å². The molecule has 0 aromatic heterocycles. The highest BCUT2D eigenvalue weighted by molar-refractivity contribution is 7.86. The SMILES string of the molecule is COCCOC(=O)[C@@H](S)[C@@H](S)C(=O)OCCOC. The van der Waals surface area contributed by atoms with E-state index in [2.05, 4.69) is 25.3 Å². The minimum Gasteiger partial charge on any atom is -0.462 e. The fourth-order valence-corrected chi connectivity index (χ4v) is 1.27. The van der Waals surface area contributed by atoms with Crippen LogP contribution in [0.2, 0.25) is 0 Å². The molecule has 0 unspecified atom stereocenters. The number of ether oxygens (including phenoxy) is 4. The standard InChI is InChI=1S/C10H18O6S2/c1-13-3-5-15-9(11)7(17)8(18)10(12)16-6-4-14-2/h7-8,17-18H,3-6H2,1-2H3/t7-,8+. The third-order valence-corrected chi connectivity index (χ3v) is 3.10. The molecule has 0 heterocycles. The maximum absolute atomic E-state index is 11.5. The van der Waals surface area contributed by atoms with Gasteiger partial charge in [-0.25, -0.2) is 0 Å². The predicted octanol–water partition coefficient (Wildman–Crippen LogP) is -0.0376. The summed E-state index contributed by atoms with van der Waals surface area (Å²) in [5.74, 6) is -1.28. The minimum atomic E-state index is -0.986. The molecule has 2 atom stereocenters. The zero-order valence-corrected chi connectivity index (χ0v) is 12.1. The van der Waals surface area contributed by atoms with E-state index in [0.717, 1.165) is 0 Å². The van der Waals surface area contributed by atoms with Crippen LogP contribution in [-0.2, 0) is 28.5 Å². The first-order valence-corrected chi connectivity index (χ1v) is 6.25. The second kappa shape index (κ2) is 10.5. The second-order valence-electron chi connectivity index (χ2n) is 3.21. The van der Waals surface area contributed by atoms with Gasteiger partial charge >= 0.3 is 11.9 Å². The zero-order valence-electron chi connectivity index (χ0n) is 10.3. The van der Waals surface area contributed by atoms with Crippen molar-refractivity contribution >= 4 is 37.2 Å². The Kier molecular flexibility index (Phi) is 10.2. The molecule has 0 N–H and O–H groups in total. The van der Waals surface area contributed by atoms with Crippen molar-refractivity contribution in [3.63, 3.8) is 0 Å². The Morgan fingerprint density at radius 1 is 0.833 bits per heavy atom. The average Bonchev–Trinajstić information content (AvgIpc) is 2.37. The first-order valence-electron chi connectivity index (χ1n) is 5.21. The number of hydrogen-bond acceptors (Lipinski definition) is 8. The van der Waals surface area contributed by atoms with Crippen LogP contribution in [0.4, 0.5) is 0 Å². The van der Waals surface area contributed by atoms with E-state index in [9.17, 15) is 9.59 Å². The fraction of sp³-hybridized carbons (Fsp3) is 0.800. The molecule has 0 aliphatic heterocycles. The van der Waals surface area contributed by atoms with Crippen LogP contribution in [0, 0.1) is 0 Å². The van der Waals surface area contributed by atoms with Crippen molar-refractivity contribution in [3.8, 4) is 0 Å². The Morgan fingerprint density at radius 3 is 1.44 bits per heavy atom. The molecule has 8 heteroatoms. The predicted molar refractivity (Wildman–Crippen MR) is 71.2 cm³/mol. The Hall–Kier alpha value is -0.440. The highest BCUT2D eigenvalue weighted by Gasteiger charge is 2.30. The molecule has 0 aliphatic carbocycles. The summed E-state index contributed by atoms with van der Waals surface area (Å²) in [5, 5.41) is -1.97. The molecule has 0 radical (unpaired) electrons. The largest absolute Gasteiger partial charge is 0.462 e. The van der Waals surface area contributed by atoms with Crippen LogP contribution < -0.4 is 0 Å². The van der Waals surface area contributed by atoms with E-state index in [0.29, 0.717) is 0 Å². The summed E-state index contributed by atoms with van der Waals surface area (Å²) >= 11 is 7.97. The Labute approximate surface area is 117 Å². The van der Waals surface area contributed by atoms with Gasteiger partial charge in [-0.3, -0.25) is 9.59 Å². The molecule has 0 spiro atoms. The maximum atomic E-state index is 11.5. The van der Waals surface area contributed by atoms with Crippen molar-refractivity contribution in [2.45, 2.75) is 10.5 Å². The summed E-state index contributed by atoms with van der Waals surface area (Å²) in [6.45, 7) is 0.765. The molecule has 0 amide bonds. The lowest BCUT2D eigenvalue weighted by molar-refractivity contribution is -0.150. The highest BCUT2D eigenvalue weighted by atomic mass is 32.1. The van der Waals surface area contributed by atoms with Crippen LogP contribution in [0.1, 0.15) is 0 Å². The van der Waals surface area contributed by atoms with Crippen LogP contribution in [0.15, 0.2) is 0 Å². The van der Waals surface area contributed by atoms with Crippen molar-refractivity contribution < 1.29 is 28.5 Å². The minimum absolute atomic E-state index is 0.103. The fourth-order valence-electron chi connectivity index (χ4n) is 0.880. The van der Waals surface area contributed by atoms with Crippen molar-refractivity contribution in [3.05, 3.63) is 0 Å². The number of methoxy groups -OCH3 is 2. The molecular formula is C10H18O6S2. The van der Waals surface area contributed by atoms with Gasteiger partial charge in [0.15, 0.2) is 0 Å². The van der Waals surface area contributed by atoms with Crippen molar-refractivity contribution in [1.29, 1.82) is 0 Å². The summed E-state index contributed by atoms with van der Waals surface area (Å²) in [7, 11) is 2.97.